The van der Waals surface area contributed by atoms with Crippen molar-refractivity contribution in [1.29, 1.82) is 0 Å². The summed E-state index contributed by atoms with van der Waals surface area (Å²) in [5, 5.41) is 3.48. The highest BCUT2D eigenvalue weighted by atomic mass is 32.2. The highest BCUT2D eigenvalue weighted by molar-refractivity contribution is 7.99. The number of hydrogen-bond acceptors (Lipinski definition) is 4. The first kappa shape index (κ1) is 21.2. The molecule has 0 saturated heterocycles. The number of rotatable bonds is 8. The topological polar surface area (TPSA) is 64.0 Å². The number of nitrogens with one attached hydrogen (secondary N) is 1. The van der Waals surface area contributed by atoms with Gasteiger partial charge in [0.1, 0.15) is 0 Å². The second-order valence-electron chi connectivity index (χ2n) is 7.25. The number of nitrogens with zero attached hydrogens (tertiary/aromatic N) is 2. The Balaban J connectivity index is 2.09. The Labute approximate surface area is 165 Å². The molecule has 1 aromatic heterocycles. The van der Waals surface area contributed by atoms with Crippen molar-refractivity contribution in [3.63, 3.8) is 0 Å². The molecule has 1 heterocycles. The van der Waals surface area contributed by atoms with Gasteiger partial charge in [0.2, 0.25) is 5.91 Å². The Morgan fingerprint density at radius 1 is 1.26 bits per heavy atom. The number of carbonyl (C=O) groups excluding carboxylic acids is 1. The third kappa shape index (κ3) is 5.96. The zero-order chi connectivity index (χ0) is 20.0. The van der Waals surface area contributed by atoms with Gasteiger partial charge in [-0.1, -0.05) is 49.9 Å². The molecule has 0 spiro atoms. The number of aromatic nitrogens is 2. The standard InChI is InChI=1S/C21H29N3O2S/c1-14(2)10-11-22-19(25)13-27-21-23-16(4)18(20(26)24(21)5)12-17-9-7-6-8-15(17)3/h6-9,14H,10-13H2,1-5H3,(H,22,25). The van der Waals surface area contributed by atoms with E-state index in [-0.39, 0.29) is 17.2 Å². The lowest BCUT2D eigenvalue weighted by Crippen LogP contribution is -2.29. The van der Waals surface area contributed by atoms with E-state index in [1.54, 1.807) is 11.6 Å². The van der Waals surface area contributed by atoms with E-state index in [4.69, 9.17) is 0 Å². The van der Waals surface area contributed by atoms with Gasteiger partial charge in [0.05, 0.1) is 5.75 Å². The fourth-order valence-electron chi connectivity index (χ4n) is 2.74. The molecule has 146 valence electrons. The summed E-state index contributed by atoms with van der Waals surface area (Å²) in [7, 11) is 1.72. The van der Waals surface area contributed by atoms with E-state index < -0.39 is 0 Å². The van der Waals surface area contributed by atoms with E-state index in [2.05, 4.69) is 24.1 Å². The second kappa shape index (κ2) is 9.74. The molecule has 0 atom stereocenters. The number of hydrogen-bond donors (Lipinski definition) is 1. The van der Waals surface area contributed by atoms with Crippen LogP contribution in [0.2, 0.25) is 0 Å². The van der Waals surface area contributed by atoms with Crippen molar-refractivity contribution < 1.29 is 4.79 Å². The summed E-state index contributed by atoms with van der Waals surface area (Å²) in [6, 6.07) is 8.06. The maximum absolute atomic E-state index is 12.8. The summed E-state index contributed by atoms with van der Waals surface area (Å²) in [4.78, 5) is 29.4. The Bertz CT molecular complexity index is 859. The van der Waals surface area contributed by atoms with Crippen molar-refractivity contribution >= 4 is 17.7 Å². The third-order valence-corrected chi connectivity index (χ3v) is 5.58. The fraction of sp³-hybridized carbons (Fsp3) is 0.476. The highest BCUT2D eigenvalue weighted by Crippen LogP contribution is 2.17. The molecule has 1 N–H and O–H groups in total. The molecule has 6 heteroatoms. The fourth-order valence-corrected chi connectivity index (χ4v) is 3.58. The van der Waals surface area contributed by atoms with E-state index >= 15 is 0 Å². The van der Waals surface area contributed by atoms with Gasteiger partial charge in [-0.2, -0.15) is 0 Å². The molecule has 0 aliphatic carbocycles. The maximum atomic E-state index is 12.8. The summed E-state index contributed by atoms with van der Waals surface area (Å²) in [5.74, 6) is 0.787. The summed E-state index contributed by atoms with van der Waals surface area (Å²) < 4.78 is 1.55. The van der Waals surface area contributed by atoms with Crippen molar-refractivity contribution in [2.75, 3.05) is 12.3 Å². The van der Waals surface area contributed by atoms with Crippen LogP contribution in [0.1, 0.15) is 42.7 Å². The molecule has 2 rings (SSSR count). The van der Waals surface area contributed by atoms with Crippen LogP contribution in [0.15, 0.2) is 34.2 Å². The van der Waals surface area contributed by atoms with Crippen LogP contribution in [0.4, 0.5) is 0 Å². The van der Waals surface area contributed by atoms with Gasteiger partial charge in [-0.25, -0.2) is 4.98 Å². The molecule has 0 aliphatic heterocycles. The molecule has 0 fully saturated rings. The lowest BCUT2D eigenvalue weighted by molar-refractivity contribution is -0.118. The van der Waals surface area contributed by atoms with E-state index in [1.807, 2.05) is 38.1 Å². The maximum Gasteiger partial charge on any atom is 0.257 e. The molecule has 0 aliphatic rings. The van der Waals surface area contributed by atoms with Crippen molar-refractivity contribution in [3.05, 3.63) is 57.0 Å². The molecule has 1 amide bonds. The lowest BCUT2D eigenvalue weighted by Gasteiger charge is -2.13. The normalized spacial score (nSPS) is 11.0. The minimum Gasteiger partial charge on any atom is -0.355 e. The molecule has 0 unspecified atom stereocenters. The van der Waals surface area contributed by atoms with Gasteiger partial charge in [0.25, 0.3) is 5.56 Å². The molecule has 5 nitrogen and oxygen atoms in total. The number of benzene rings is 1. The first-order valence-electron chi connectivity index (χ1n) is 9.30. The van der Waals surface area contributed by atoms with Gasteiger partial charge in [0, 0.05) is 31.3 Å². The monoisotopic (exact) mass is 387 g/mol. The average Bonchev–Trinajstić information content (AvgIpc) is 2.61. The summed E-state index contributed by atoms with van der Waals surface area (Å²) >= 11 is 1.30. The number of aryl methyl sites for hydroxylation is 2. The van der Waals surface area contributed by atoms with Crippen molar-refractivity contribution in [2.24, 2.45) is 13.0 Å². The average molecular weight is 388 g/mol. The third-order valence-electron chi connectivity index (χ3n) is 4.55. The van der Waals surface area contributed by atoms with Crippen molar-refractivity contribution in [2.45, 2.75) is 45.7 Å². The lowest BCUT2D eigenvalue weighted by atomic mass is 10.0. The quantitative estimate of drug-likeness (QED) is 0.558. The summed E-state index contributed by atoms with van der Waals surface area (Å²) in [6.07, 6.45) is 1.53. The van der Waals surface area contributed by atoms with E-state index in [0.717, 1.165) is 23.2 Å². The molecule has 27 heavy (non-hydrogen) atoms. The minimum atomic E-state index is -0.0477. The van der Waals surface area contributed by atoms with Crippen LogP contribution in [0.25, 0.3) is 0 Å². The second-order valence-corrected chi connectivity index (χ2v) is 8.19. The molecule has 1 aromatic carbocycles. The van der Waals surface area contributed by atoms with Crippen LogP contribution in [-0.4, -0.2) is 27.8 Å². The van der Waals surface area contributed by atoms with Crippen LogP contribution >= 0.6 is 11.8 Å². The van der Waals surface area contributed by atoms with Crippen molar-refractivity contribution in [1.82, 2.24) is 14.9 Å². The molecule has 0 radical (unpaired) electrons. The van der Waals surface area contributed by atoms with Crippen LogP contribution in [0.5, 0.6) is 0 Å². The van der Waals surface area contributed by atoms with Gasteiger partial charge in [0.15, 0.2) is 5.16 Å². The van der Waals surface area contributed by atoms with Crippen LogP contribution < -0.4 is 10.9 Å². The smallest absolute Gasteiger partial charge is 0.257 e. The Morgan fingerprint density at radius 2 is 1.96 bits per heavy atom. The largest absolute Gasteiger partial charge is 0.355 e. The van der Waals surface area contributed by atoms with E-state index in [1.165, 1.54) is 11.8 Å². The molecule has 0 bridgehead atoms. The zero-order valence-corrected chi connectivity index (χ0v) is 17.7. The number of thioether (sulfide) groups is 1. The minimum absolute atomic E-state index is 0.0310. The van der Waals surface area contributed by atoms with Gasteiger partial charge in [-0.3, -0.25) is 14.2 Å². The number of carbonyl (C=O) groups is 1. The van der Waals surface area contributed by atoms with Crippen LogP contribution in [0, 0.1) is 19.8 Å². The van der Waals surface area contributed by atoms with Crippen LogP contribution in [0.3, 0.4) is 0 Å². The Morgan fingerprint density at radius 3 is 2.63 bits per heavy atom. The highest BCUT2D eigenvalue weighted by Gasteiger charge is 2.14. The first-order valence-corrected chi connectivity index (χ1v) is 10.3. The van der Waals surface area contributed by atoms with Gasteiger partial charge in [-0.05, 0) is 37.3 Å². The molecular formula is C21H29N3O2S. The van der Waals surface area contributed by atoms with Gasteiger partial charge in [-0.15, -0.1) is 0 Å². The zero-order valence-electron chi connectivity index (χ0n) is 16.8. The SMILES string of the molecule is Cc1ccccc1Cc1c(C)nc(SCC(=O)NCCC(C)C)n(C)c1=O. The molecule has 2 aromatic rings. The van der Waals surface area contributed by atoms with Crippen molar-refractivity contribution in [3.8, 4) is 0 Å². The van der Waals surface area contributed by atoms with Gasteiger partial charge < -0.3 is 5.32 Å². The first-order chi connectivity index (χ1) is 12.8. The Hall–Kier alpha value is -2.08. The number of amides is 1. The predicted molar refractivity (Wildman–Crippen MR) is 111 cm³/mol. The molecule has 0 saturated carbocycles. The van der Waals surface area contributed by atoms with Crippen LogP contribution in [-0.2, 0) is 18.3 Å². The Kier molecular flexibility index (Phi) is 7.66. The predicted octanol–water partition coefficient (Wildman–Crippen LogP) is 3.24. The summed E-state index contributed by atoms with van der Waals surface area (Å²) in [6.45, 7) is 8.84. The van der Waals surface area contributed by atoms with E-state index in [9.17, 15) is 9.59 Å². The molecular weight excluding hydrogens is 358 g/mol. The summed E-state index contributed by atoms with van der Waals surface area (Å²) in [5.41, 5.74) is 3.68. The van der Waals surface area contributed by atoms with E-state index in [0.29, 0.717) is 29.6 Å². The van der Waals surface area contributed by atoms with Gasteiger partial charge >= 0.3 is 0 Å².